The third-order valence-electron chi connectivity index (χ3n) is 7.40. The van der Waals surface area contributed by atoms with Crippen LogP contribution in [0.2, 0.25) is 0 Å². The van der Waals surface area contributed by atoms with Crippen LogP contribution in [0, 0.1) is 16.7 Å². The first-order valence-electron chi connectivity index (χ1n) is 10.5. The zero-order valence-corrected chi connectivity index (χ0v) is 17.1. The Morgan fingerprint density at radius 1 is 1.15 bits per heavy atom. The summed E-state index contributed by atoms with van der Waals surface area (Å²) < 4.78 is 0. The maximum Gasteiger partial charge on any atom is 0.325 e. The number of nitrogens with one attached hydrogen (secondary N) is 1. The molecule has 4 aliphatic rings. The van der Waals surface area contributed by atoms with Crippen molar-refractivity contribution in [2.45, 2.75) is 84.2 Å². The zero-order chi connectivity index (χ0) is 19.6. The van der Waals surface area contributed by atoms with Gasteiger partial charge in [0.15, 0.2) is 0 Å². The molecule has 4 amide bonds. The molecule has 2 aliphatic carbocycles. The van der Waals surface area contributed by atoms with E-state index in [1.54, 1.807) is 0 Å². The minimum absolute atomic E-state index is 0.0776. The van der Waals surface area contributed by atoms with E-state index < -0.39 is 11.6 Å². The highest BCUT2D eigenvalue weighted by molar-refractivity contribution is 6.09. The molecule has 2 saturated heterocycles. The van der Waals surface area contributed by atoms with Gasteiger partial charge in [0.05, 0.1) is 0 Å². The second-order valence-corrected chi connectivity index (χ2v) is 10.8. The molecule has 0 aromatic heterocycles. The number of hydrogen-bond donors (Lipinski definition) is 1. The average Bonchev–Trinajstić information content (AvgIpc) is 2.94. The van der Waals surface area contributed by atoms with Gasteiger partial charge in [-0.3, -0.25) is 14.5 Å². The van der Waals surface area contributed by atoms with Crippen molar-refractivity contribution in [2.24, 2.45) is 16.7 Å². The van der Waals surface area contributed by atoms with Gasteiger partial charge in [0.1, 0.15) is 12.1 Å². The van der Waals surface area contributed by atoms with Crippen LogP contribution < -0.4 is 5.32 Å². The Labute approximate surface area is 162 Å². The van der Waals surface area contributed by atoms with Crippen LogP contribution in [0.1, 0.15) is 72.6 Å². The number of carbonyl (C=O) groups is 3. The lowest BCUT2D eigenvalue weighted by atomic mass is 9.65. The van der Waals surface area contributed by atoms with Crippen molar-refractivity contribution in [3.05, 3.63) is 0 Å². The van der Waals surface area contributed by atoms with E-state index in [2.05, 4.69) is 33.0 Å². The standard InChI is InChI=1S/C21H33N3O3/c1-14-5-7-21(8-6-14)17(26)23(18(27)22-21)11-16(25)24-13-20(4)10-15(24)9-19(2,3)12-20/h14-15H,5-13H2,1-4H3,(H,22,27)/t14?,15-,20+,21?/m1/s1. The molecule has 0 radical (unpaired) electrons. The summed E-state index contributed by atoms with van der Waals surface area (Å²) in [6, 6.07) is -0.159. The predicted molar refractivity (Wildman–Crippen MR) is 102 cm³/mol. The van der Waals surface area contributed by atoms with E-state index in [4.69, 9.17) is 0 Å². The Morgan fingerprint density at radius 2 is 1.81 bits per heavy atom. The van der Waals surface area contributed by atoms with Crippen molar-refractivity contribution < 1.29 is 14.4 Å². The SMILES string of the molecule is CC1CCC2(CC1)NC(=O)N(CC(=O)N1C[C@@]3(C)C[C@H]1CC(C)(C)C3)C2=O. The summed E-state index contributed by atoms with van der Waals surface area (Å²) in [6.07, 6.45) is 6.39. The normalized spacial score (nSPS) is 37.0. The third-order valence-corrected chi connectivity index (χ3v) is 7.40. The summed E-state index contributed by atoms with van der Waals surface area (Å²) in [6.45, 7) is 9.62. The number of fused-ring (bicyclic) bond motifs is 2. The number of amides is 4. The molecule has 2 heterocycles. The highest BCUT2D eigenvalue weighted by Crippen LogP contribution is 2.52. The quantitative estimate of drug-likeness (QED) is 0.755. The van der Waals surface area contributed by atoms with Crippen LogP contribution in [-0.4, -0.2) is 52.3 Å². The second-order valence-electron chi connectivity index (χ2n) is 10.8. The summed E-state index contributed by atoms with van der Waals surface area (Å²) >= 11 is 0. The molecule has 1 spiro atoms. The van der Waals surface area contributed by atoms with Gasteiger partial charge in [-0.25, -0.2) is 4.79 Å². The van der Waals surface area contributed by atoms with Crippen LogP contribution in [0.5, 0.6) is 0 Å². The molecule has 0 aromatic rings. The zero-order valence-electron chi connectivity index (χ0n) is 17.1. The van der Waals surface area contributed by atoms with Crippen LogP contribution in [0.15, 0.2) is 0 Å². The Morgan fingerprint density at radius 3 is 2.48 bits per heavy atom. The van der Waals surface area contributed by atoms with E-state index >= 15 is 0 Å². The van der Waals surface area contributed by atoms with E-state index in [1.807, 2.05) is 4.90 Å². The van der Waals surface area contributed by atoms with Gasteiger partial charge in [0.2, 0.25) is 5.91 Å². The molecule has 6 nitrogen and oxygen atoms in total. The lowest BCUT2D eigenvalue weighted by Crippen LogP contribution is -2.50. The van der Waals surface area contributed by atoms with Crippen LogP contribution >= 0.6 is 0 Å². The number of hydrogen-bond acceptors (Lipinski definition) is 3. The highest BCUT2D eigenvalue weighted by atomic mass is 16.2. The first-order chi connectivity index (χ1) is 12.5. The van der Waals surface area contributed by atoms with Gasteiger partial charge in [0.25, 0.3) is 5.91 Å². The van der Waals surface area contributed by atoms with Crippen molar-refractivity contribution in [3.63, 3.8) is 0 Å². The Balaban J connectivity index is 1.46. The summed E-state index contributed by atoms with van der Waals surface area (Å²) in [4.78, 5) is 41.7. The topological polar surface area (TPSA) is 69.7 Å². The average molecular weight is 376 g/mol. The highest BCUT2D eigenvalue weighted by Gasteiger charge is 2.54. The molecule has 4 fully saturated rings. The first kappa shape index (κ1) is 18.8. The number of nitrogens with zero attached hydrogens (tertiary/aromatic N) is 2. The smallest absolute Gasteiger partial charge is 0.325 e. The van der Waals surface area contributed by atoms with Crippen molar-refractivity contribution >= 4 is 17.8 Å². The molecule has 150 valence electrons. The number of rotatable bonds is 2. The van der Waals surface area contributed by atoms with Crippen molar-refractivity contribution in [2.75, 3.05) is 13.1 Å². The summed E-state index contributed by atoms with van der Waals surface area (Å²) in [5.74, 6) is 0.316. The Hall–Kier alpha value is -1.59. The van der Waals surface area contributed by atoms with E-state index in [0.717, 1.165) is 38.6 Å². The van der Waals surface area contributed by atoms with Gasteiger partial charge in [-0.2, -0.15) is 0 Å². The van der Waals surface area contributed by atoms with E-state index in [9.17, 15) is 14.4 Å². The maximum atomic E-state index is 13.1. The van der Waals surface area contributed by atoms with Gasteiger partial charge >= 0.3 is 6.03 Å². The molecule has 0 unspecified atom stereocenters. The van der Waals surface area contributed by atoms with Gasteiger partial charge in [-0.05, 0) is 61.7 Å². The summed E-state index contributed by atoms with van der Waals surface area (Å²) in [7, 11) is 0. The van der Waals surface area contributed by atoms with Crippen LogP contribution in [0.3, 0.4) is 0 Å². The molecule has 2 saturated carbocycles. The van der Waals surface area contributed by atoms with Gasteiger partial charge in [-0.1, -0.05) is 27.7 Å². The van der Waals surface area contributed by atoms with Crippen LogP contribution in [-0.2, 0) is 9.59 Å². The maximum absolute atomic E-state index is 13.1. The largest absolute Gasteiger partial charge is 0.338 e. The van der Waals surface area contributed by atoms with Crippen LogP contribution in [0.4, 0.5) is 4.79 Å². The van der Waals surface area contributed by atoms with Crippen LogP contribution in [0.25, 0.3) is 0 Å². The third kappa shape index (κ3) is 3.15. The van der Waals surface area contributed by atoms with Crippen molar-refractivity contribution in [1.82, 2.24) is 15.1 Å². The van der Waals surface area contributed by atoms with E-state index in [-0.39, 0.29) is 35.2 Å². The van der Waals surface area contributed by atoms with Gasteiger partial charge < -0.3 is 10.2 Å². The lowest BCUT2D eigenvalue weighted by Gasteiger charge is -2.39. The molecular weight excluding hydrogens is 342 g/mol. The number of carbonyl (C=O) groups excluding carboxylic acids is 3. The first-order valence-corrected chi connectivity index (χ1v) is 10.5. The fourth-order valence-electron chi connectivity index (χ4n) is 6.39. The fraction of sp³-hybridized carbons (Fsp3) is 0.857. The number of likely N-dealkylation sites (tertiary alicyclic amines) is 1. The monoisotopic (exact) mass is 375 g/mol. The Bertz CT molecular complexity index is 680. The molecular formula is C21H33N3O3. The fourth-order valence-corrected chi connectivity index (χ4v) is 6.39. The van der Waals surface area contributed by atoms with Gasteiger partial charge in [-0.15, -0.1) is 0 Å². The Kier molecular flexibility index (Phi) is 4.13. The lowest BCUT2D eigenvalue weighted by molar-refractivity contribution is -0.140. The minimum atomic E-state index is -0.765. The van der Waals surface area contributed by atoms with Crippen molar-refractivity contribution in [1.29, 1.82) is 0 Å². The van der Waals surface area contributed by atoms with Gasteiger partial charge in [0, 0.05) is 12.6 Å². The molecule has 6 heteroatoms. The molecule has 2 bridgehead atoms. The van der Waals surface area contributed by atoms with Crippen molar-refractivity contribution in [3.8, 4) is 0 Å². The molecule has 27 heavy (non-hydrogen) atoms. The predicted octanol–water partition coefficient (Wildman–Crippen LogP) is 2.91. The summed E-state index contributed by atoms with van der Waals surface area (Å²) in [5, 5.41) is 2.92. The molecule has 0 aromatic carbocycles. The molecule has 4 rings (SSSR count). The second kappa shape index (κ2) is 5.95. The summed E-state index contributed by atoms with van der Waals surface area (Å²) in [5.41, 5.74) is -0.380. The molecule has 2 atom stereocenters. The number of urea groups is 1. The molecule has 1 N–H and O–H groups in total. The molecule has 2 aliphatic heterocycles. The minimum Gasteiger partial charge on any atom is -0.338 e. The number of imide groups is 1. The van der Waals surface area contributed by atoms with E-state index in [0.29, 0.717) is 18.8 Å². The van der Waals surface area contributed by atoms with E-state index in [1.165, 1.54) is 4.90 Å².